The van der Waals surface area contributed by atoms with E-state index in [4.69, 9.17) is 5.26 Å². The minimum Gasteiger partial charge on any atom is -0.302 e. The topological polar surface area (TPSA) is 30.3 Å². The minimum atomic E-state index is 0.296. The summed E-state index contributed by atoms with van der Waals surface area (Å²) in [5, 5.41) is 8.93. The molecule has 2 rings (SSSR count). The quantitative estimate of drug-likeness (QED) is 0.684. The summed E-state index contributed by atoms with van der Waals surface area (Å²) in [6.45, 7) is 8.21. The number of nitrogens with zero attached hydrogens (tertiary/aromatic N) is 3. The van der Waals surface area contributed by atoms with E-state index < -0.39 is 0 Å². The number of likely N-dealkylation sites (tertiary alicyclic amines) is 2. The Bertz CT molecular complexity index is 271. The Hall–Kier alpha value is -0.590. The molecular weight excluding hydrogens is 210 g/mol. The molecule has 2 heterocycles. The third-order valence-electron chi connectivity index (χ3n) is 4.24. The molecule has 0 saturated carbocycles. The van der Waals surface area contributed by atoms with Gasteiger partial charge in [-0.25, -0.2) is 0 Å². The van der Waals surface area contributed by atoms with Crippen LogP contribution in [0.4, 0.5) is 0 Å². The van der Waals surface area contributed by atoms with Crippen molar-refractivity contribution in [1.29, 1.82) is 5.26 Å². The maximum atomic E-state index is 8.93. The zero-order chi connectivity index (χ0) is 12.1. The number of unbranched alkanes of at least 4 members (excludes halogenated alkanes) is 2. The molecule has 2 atom stereocenters. The molecular formula is C14H25N3. The smallest absolute Gasteiger partial charge is 0.0669 e. The van der Waals surface area contributed by atoms with Crippen molar-refractivity contribution in [3.8, 4) is 6.07 Å². The summed E-state index contributed by atoms with van der Waals surface area (Å²) in [6, 6.07) is 3.15. The first-order chi connectivity index (χ1) is 8.33. The van der Waals surface area contributed by atoms with Crippen LogP contribution in [0.5, 0.6) is 0 Å². The van der Waals surface area contributed by atoms with Crippen molar-refractivity contribution in [2.75, 3.05) is 32.7 Å². The van der Waals surface area contributed by atoms with E-state index in [2.05, 4.69) is 22.8 Å². The molecule has 3 heteroatoms. The highest BCUT2D eigenvalue weighted by atomic mass is 15.3. The van der Waals surface area contributed by atoms with Crippen LogP contribution in [0.15, 0.2) is 0 Å². The van der Waals surface area contributed by atoms with Gasteiger partial charge in [-0.2, -0.15) is 5.26 Å². The second-order valence-electron chi connectivity index (χ2n) is 5.56. The normalized spacial score (nSPS) is 30.8. The maximum absolute atomic E-state index is 8.93. The second-order valence-corrected chi connectivity index (χ2v) is 5.56. The molecule has 2 unspecified atom stereocenters. The lowest BCUT2D eigenvalue weighted by atomic mass is 10.1. The molecule has 0 bridgehead atoms. The van der Waals surface area contributed by atoms with Crippen LogP contribution < -0.4 is 0 Å². The molecule has 0 amide bonds. The lowest BCUT2D eigenvalue weighted by molar-refractivity contribution is 0.227. The van der Waals surface area contributed by atoms with Gasteiger partial charge in [0.25, 0.3) is 0 Å². The Morgan fingerprint density at radius 3 is 2.76 bits per heavy atom. The van der Waals surface area contributed by atoms with E-state index in [1.54, 1.807) is 0 Å². The van der Waals surface area contributed by atoms with E-state index in [0.717, 1.165) is 25.6 Å². The van der Waals surface area contributed by atoms with Crippen molar-refractivity contribution >= 4 is 0 Å². The molecule has 0 spiro atoms. The van der Waals surface area contributed by atoms with Gasteiger partial charge >= 0.3 is 0 Å². The van der Waals surface area contributed by atoms with Gasteiger partial charge in [0.15, 0.2) is 0 Å². The largest absolute Gasteiger partial charge is 0.302 e. The van der Waals surface area contributed by atoms with Gasteiger partial charge < -0.3 is 4.90 Å². The molecule has 96 valence electrons. The van der Waals surface area contributed by atoms with Gasteiger partial charge in [0.1, 0.15) is 0 Å². The first-order valence-electron chi connectivity index (χ1n) is 7.19. The van der Waals surface area contributed by atoms with E-state index in [-0.39, 0.29) is 0 Å². The average Bonchev–Trinajstić information content (AvgIpc) is 2.97. The van der Waals surface area contributed by atoms with Gasteiger partial charge in [-0.05, 0) is 38.9 Å². The number of hydrogen-bond donors (Lipinski definition) is 0. The van der Waals surface area contributed by atoms with Crippen LogP contribution in [0.25, 0.3) is 0 Å². The Kier molecular flexibility index (Phi) is 4.82. The van der Waals surface area contributed by atoms with Crippen LogP contribution >= 0.6 is 0 Å². The van der Waals surface area contributed by atoms with Crippen molar-refractivity contribution in [2.45, 2.75) is 45.1 Å². The molecule has 3 nitrogen and oxygen atoms in total. The van der Waals surface area contributed by atoms with Crippen molar-refractivity contribution < 1.29 is 0 Å². The summed E-state index contributed by atoms with van der Waals surface area (Å²) in [4.78, 5) is 5.16. The summed E-state index contributed by atoms with van der Waals surface area (Å²) < 4.78 is 0. The molecule has 0 aromatic carbocycles. The van der Waals surface area contributed by atoms with Crippen molar-refractivity contribution in [3.63, 3.8) is 0 Å². The minimum absolute atomic E-state index is 0.296. The zero-order valence-electron chi connectivity index (χ0n) is 11.1. The van der Waals surface area contributed by atoms with Crippen LogP contribution in [0.3, 0.4) is 0 Å². The zero-order valence-corrected chi connectivity index (χ0v) is 11.1. The number of nitriles is 1. The van der Waals surface area contributed by atoms with Gasteiger partial charge in [-0.1, -0.05) is 19.8 Å². The predicted octanol–water partition coefficient (Wildman–Crippen LogP) is 2.10. The van der Waals surface area contributed by atoms with Crippen molar-refractivity contribution in [1.82, 2.24) is 9.80 Å². The monoisotopic (exact) mass is 235 g/mol. The second kappa shape index (κ2) is 6.37. The van der Waals surface area contributed by atoms with Gasteiger partial charge in [0.2, 0.25) is 0 Å². The molecule has 0 radical (unpaired) electrons. The van der Waals surface area contributed by atoms with Crippen LogP contribution in [0, 0.1) is 17.2 Å². The number of rotatable bonds is 5. The van der Waals surface area contributed by atoms with Crippen LogP contribution in [0.1, 0.15) is 39.0 Å². The van der Waals surface area contributed by atoms with Crippen molar-refractivity contribution in [2.24, 2.45) is 5.92 Å². The van der Waals surface area contributed by atoms with Gasteiger partial charge in [-0.3, -0.25) is 4.90 Å². The summed E-state index contributed by atoms with van der Waals surface area (Å²) in [6.07, 6.45) is 6.42. The van der Waals surface area contributed by atoms with E-state index in [9.17, 15) is 0 Å². The molecule has 0 aromatic heterocycles. The lowest BCUT2D eigenvalue weighted by Crippen LogP contribution is -2.36. The van der Waals surface area contributed by atoms with Crippen LogP contribution in [0.2, 0.25) is 0 Å². The van der Waals surface area contributed by atoms with E-state index in [1.165, 1.54) is 45.3 Å². The van der Waals surface area contributed by atoms with Crippen LogP contribution in [-0.4, -0.2) is 48.6 Å². The Morgan fingerprint density at radius 1 is 1.18 bits per heavy atom. The molecule has 0 N–H and O–H groups in total. The summed E-state index contributed by atoms with van der Waals surface area (Å²) >= 11 is 0. The number of hydrogen-bond acceptors (Lipinski definition) is 3. The Morgan fingerprint density at radius 2 is 2.06 bits per heavy atom. The van der Waals surface area contributed by atoms with E-state index >= 15 is 0 Å². The SMILES string of the molecule is CCCCCN1CCC(N2CCC(C#N)C2)C1. The van der Waals surface area contributed by atoms with Crippen molar-refractivity contribution in [3.05, 3.63) is 0 Å². The average molecular weight is 235 g/mol. The molecule has 2 fully saturated rings. The molecule has 0 aromatic rings. The fourth-order valence-corrected chi connectivity index (χ4v) is 3.12. The molecule has 2 saturated heterocycles. The maximum Gasteiger partial charge on any atom is 0.0669 e. The highest BCUT2D eigenvalue weighted by molar-refractivity contribution is 4.95. The highest BCUT2D eigenvalue weighted by Crippen LogP contribution is 2.23. The van der Waals surface area contributed by atoms with E-state index in [1.807, 2.05) is 0 Å². The molecule has 2 aliphatic heterocycles. The third kappa shape index (κ3) is 3.43. The van der Waals surface area contributed by atoms with Crippen LogP contribution in [-0.2, 0) is 0 Å². The predicted molar refractivity (Wildman–Crippen MR) is 69.7 cm³/mol. The Labute approximate surface area is 105 Å². The Balaban J connectivity index is 1.69. The molecule has 2 aliphatic rings. The van der Waals surface area contributed by atoms with E-state index in [0.29, 0.717) is 5.92 Å². The third-order valence-corrected chi connectivity index (χ3v) is 4.24. The summed E-state index contributed by atoms with van der Waals surface area (Å²) in [5.41, 5.74) is 0. The molecule has 0 aliphatic carbocycles. The highest BCUT2D eigenvalue weighted by Gasteiger charge is 2.32. The first kappa shape index (κ1) is 12.9. The summed E-state index contributed by atoms with van der Waals surface area (Å²) in [5.74, 6) is 0.296. The van der Waals surface area contributed by atoms with Gasteiger partial charge in [0.05, 0.1) is 12.0 Å². The summed E-state index contributed by atoms with van der Waals surface area (Å²) in [7, 11) is 0. The fourth-order valence-electron chi connectivity index (χ4n) is 3.12. The lowest BCUT2D eigenvalue weighted by Gasteiger charge is -2.23. The van der Waals surface area contributed by atoms with Gasteiger partial charge in [-0.15, -0.1) is 0 Å². The fraction of sp³-hybridized carbons (Fsp3) is 0.929. The molecule has 17 heavy (non-hydrogen) atoms. The first-order valence-corrected chi connectivity index (χ1v) is 7.19. The van der Waals surface area contributed by atoms with Gasteiger partial charge in [0, 0.05) is 19.1 Å². The standard InChI is InChI=1S/C14H25N3/c1-2-3-4-7-16-8-6-14(12-16)17-9-5-13(10-15)11-17/h13-14H,2-9,11-12H2,1H3.